The highest BCUT2D eigenvalue weighted by Gasteiger charge is 2.02. The van der Waals surface area contributed by atoms with Crippen molar-refractivity contribution in [3.63, 3.8) is 0 Å². The van der Waals surface area contributed by atoms with E-state index >= 15 is 0 Å². The van der Waals surface area contributed by atoms with Crippen LogP contribution in [-0.4, -0.2) is 0 Å². The first-order valence-electron chi connectivity index (χ1n) is 3.46. The Morgan fingerprint density at radius 2 is 1.85 bits per heavy atom. The zero-order chi connectivity index (χ0) is 9.84. The van der Waals surface area contributed by atoms with E-state index in [1.54, 1.807) is 18.2 Å². The maximum Gasteiger partial charge on any atom is 0.0912 e. The van der Waals surface area contributed by atoms with Gasteiger partial charge in [0.2, 0.25) is 0 Å². The summed E-state index contributed by atoms with van der Waals surface area (Å²) in [5, 5.41) is 9.08. The fourth-order valence-electron chi connectivity index (χ4n) is 0.834. The van der Waals surface area contributed by atoms with E-state index in [9.17, 15) is 0 Å². The maximum atomic E-state index is 8.29. The van der Waals surface area contributed by atoms with E-state index in [1.165, 1.54) is 6.08 Å². The van der Waals surface area contributed by atoms with Crippen molar-refractivity contribution in [2.24, 2.45) is 0 Å². The molecule has 0 unspecified atom stereocenters. The monoisotopic (exact) mass is 212 g/mol. The number of allylic oxidation sites excluding steroid dienone is 1. The second-order valence-electron chi connectivity index (χ2n) is 2.36. The zero-order valence-electron chi connectivity index (χ0n) is 6.59. The lowest BCUT2D eigenvalue weighted by molar-refractivity contribution is 1.54. The fraction of sp³-hybridized carbons (Fsp3) is 0. The van der Waals surface area contributed by atoms with Crippen LogP contribution in [0.3, 0.4) is 0 Å². The Morgan fingerprint density at radius 3 is 2.31 bits per heavy atom. The number of nitrogens with two attached hydrogens (primary N) is 1. The van der Waals surface area contributed by atoms with Crippen LogP contribution in [0.1, 0.15) is 5.56 Å². The molecule has 0 fully saturated rings. The molecule has 0 heterocycles. The summed E-state index contributed by atoms with van der Waals surface area (Å²) in [6.07, 6.45) is 2.95. The first-order valence-corrected chi connectivity index (χ1v) is 4.21. The van der Waals surface area contributed by atoms with Crippen molar-refractivity contribution in [1.29, 1.82) is 5.26 Å². The predicted molar refractivity (Wildman–Crippen MR) is 55.5 cm³/mol. The van der Waals surface area contributed by atoms with Crippen LogP contribution in [0.4, 0.5) is 5.69 Å². The highest BCUT2D eigenvalue weighted by molar-refractivity contribution is 6.39. The van der Waals surface area contributed by atoms with E-state index in [0.717, 1.165) is 5.56 Å². The topological polar surface area (TPSA) is 49.8 Å². The average molecular weight is 213 g/mol. The number of halogens is 2. The summed E-state index contributed by atoms with van der Waals surface area (Å²) >= 11 is 11.5. The molecule has 66 valence electrons. The summed E-state index contributed by atoms with van der Waals surface area (Å²) in [5.41, 5.74) is 6.64. The van der Waals surface area contributed by atoms with Crippen LogP contribution in [0.2, 0.25) is 10.0 Å². The van der Waals surface area contributed by atoms with E-state index in [0.29, 0.717) is 15.7 Å². The van der Waals surface area contributed by atoms with E-state index in [4.69, 9.17) is 34.2 Å². The third kappa shape index (κ3) is 2.38. The van der Waals surface area contributed by atoms with E-state index in [1.807, 2.05) is 6.07 Å². The van der Waals surface area contributed by atoms with Crippen LogP contribution in [0, 0.1) is 11.3 Å². The number of benzene rings is 1. The minimum atomic E-state index is 0.359. The molecule has 0 saturated heterocycles. The van der Waals surface area contributed by atoms with E-state index < -0.39 is 0 Å². The van der Waals surface area contributed by atoms with Gasteiger partial charge in [0.05, 0.1) is 21.8 Å². The van der Waals surface area contributed by atoms with E-state index in [-0.39, 0.29) is 0 Å². The molecule has 1 aromatic carbocycles. The number of hydrogen-bond acceptors (Lipinski definition) is 2. The molecule has 0 spiro atoms. The molecule has 0 aliphatic heterocycles. The van der Waals surface area contributed by atoms with Crippen molar-refractivity contribution in [2.45, 2.75) is 0 Å². The molecule has 0 saturated carbocycles. The van der Waals surface area contributed by atoms with Crippen LogP contribution in [0.15, 0.2) is 18.2 Å². The second-order valence-corrected chi connectivity index (χ2v) is 3.18. The van der Waals surface area contributed by atoms with Gasteiger partial charge in [-0.1, -0.05) is 23.2 Å². The van der Waals surface area contributed by atoms with Crippen molar-refractivity contribution in [3.05, 3.63) is 33.8 Å². The Balaban J connectivity index is 3.15. The molecule has 1 aromatic rings. The third-order valence-electron chi connectivity index (χ3n) is 1.45. The number of nitrogen functional groups attached to an aromatic ring is 1. The molecule has 0 radical (unpaired) electrons. The largest absolute Gasteiger partial charge is 0.396 e. The highest BCUT2D eigenvalue weighted by Crippen LogP contribution is 2.29. The summed E-state index contributed by atoms with van der Waals surface area (Å²) in [5.74, 6) is 0. The van der Waals surface area contributed by atoms with Crippen LogP contribution in [0.5, 0.6) is 0 Å². The van der Waals surface area contributed by atoms with Crippen molar-refractivity contribution in [3.8, 4) is 6.07 Å². The average Bonchev–Trinajstić information content (AvgIpc) is 2.10. The lowest BCUT2D eigenvalue weighted by atomic mass is 10.2. The molecule has 0 aromatic heterocycles. The predicted octanol–water partition coefficient (Wildman–Crippen LogP) is 3.11. The SMILES string of the molecule is N#CC=Cc1cc(Cl)c(N)c(Cl)c1. The van der Waals surface area contributed by atoms with Crippen LogP contribution < -0.4 is 5.73 Å². The Kier molecular flexibility index (Phi) is 3.18. The van der Waals surface area contributed by atoms with Crippen LogP contribution >= 0.6 is 23.2 Å². The van der Waals surface area contributed by atoms with Gasteiger partial charge in [-0.15, -0.1) is 0 Å². The number of nitrogens with zero attached hydrogens (tertiary/aromatic N) is 1. The molecule has 13 heavy (non-hydrogen) atoms. The third-order valence-corrected chi connectivity index (χ3v) is 2.08. The smallest absolute Gasteiger partial charge is 0.0912 e. The molecular weight excluding hydrogens is 207 g/mol. The molecule has 0 amide bonds. The molecule has 2 nitrogen and oxygen atoms in total. The van der Waals surface area contributed by atoms with Gasteiger partial charge in [-0.3, -0.25) is 0 Å². The van der Waals surface area contributed by atoms with Crippen molar-refractivity contribution in [2.75, 3.05) is 5.73 Å². The summed E-state index contributed by atoms with van der Waals surface area (Å²) < 4.78 is 0. The quantitative estimate of drug-likeness (QED) is 0.575. The molecule has 1 rings (SSSR count). The highest BCUT2D eigenvalue weighted by atomic mass is 35.5. The Labute approximate surface area is 86.2 Å². The standard InChI is InChI=1S/C9H6Cl2N2/c10-7-4-6(2-1-3-12)5-8(11)9(7)13/h1-2,4-5H,13H2. The minimum absolute atomic E-state index is 0.359. The lowest BCUT2D eigenvalue weighted by Crippen LogP contribution is -1.88. The maximum absolute atomic E-state index is 8.29. The Hall–Kier alpha value is -1.17. The Morgan fingerprint density at radius 1 is 1.31 bits per heavy atom. The molecule has 4 heteroatoms. The van der Waals surface area contributed by atoms with Gasteiger partial charge in [0, 0.05) is 6.08 Å². The second kappa shape index (κ2) is 4.18. The van der Waals surface area contributed by atoms with Gasteiger partial charge in [0.25, 0.3) is 0 Å². The molecule has 0 aliphatic rings. The van der Waals surface area contributed by atoms with Gasteiger partial charge < -0.3 is 5.73 Å². The minimum Gasteiger partial charge on any atom is -0.396 e. The van der Waals surface area contributed by atoms with Crippen LogP contribution in [-0.2, 0) is 0 Å². The first-order chi connectivity index (χ1) is 6.15. The molecule has 0 bridgehead atoms. The van der Waals surface area contributed by atoms with Gasteiger partial charge in [0.1, 0.15) is 0 Å². The number of nitriles is 1. The summed E-state index contributed by atoms with van der Waals surface area (Å²) in [4.78, 5) is 0. The van der Waals surface area contributed by atoms with Crippen molar-refractivity contribution >= 4 is 35.0 Å². The van der Waals surface area contributed by atoms with E-state index in [2.05, 4.69) is 0 Å². The van der Waals surface area contributed by atoms with Gasteiger partial charge in [-0.2, -0.15) is 5.26 Å². The summed E-state index contributed by atoms with van der Waals surface area (Å²) in [6.45, 7) is 0. The molecule has 0 atom stereocenters. The van der Waals surface area contributed by atoms with Gasteiger partial charge in [0.15, 0.2) is 0 Å². The molecular formula is C9H6Cl2N2. The first kappa shape index (κ1) is 9.91. The number of hydrogen-bond donors (Lipinski definition) is 1. The van der Waals surface area contributed by atoms with Gasteiger partial charge >= 0.3 is 0 Å². The summed E-state index contributed by atoms with van der Waals surface area (Å²) in [6, 6.07) is 5.17. The van der Waals surface area contributed by atoms with Crippen molar-refractivity contribution < 1.29 is 0 Å². The van der Waals surface area contributed by atoms with Gasteiger partial charge in [-0.05, 0) is 23.8 Å². The zero-order valence-corrected chi connectivity index (χ0v) is 8.10. The normalized spacial score (nSPS) is 10.2. The van der Waals surface area contributed by atoms with Gasteiger partial charge in [-0.25, -0.2) is 0 Å². The Bertz CT molecular complexity index is 368. The molecule has 2 N–H and O–H groups in total. The van der Waals surface area contributed by atoms with Crippen LogP contribution in [0.25, 0.3) is 6.08 Å². The van der Waals surface area contributed by atoms with Crippen molar-refractivity contribution in [1.82, 2.24) is 0 Å². The summed E-state index contributed by atoms with van der Waals surface area (Å²) in [7, 11) is 0. The molecule has 0 aliphatic carbocycles. The fourth-order valence-corrected chi connectivity index (χ4v) is 1.34. The number of anilines is 1. The lowest BCUT2D eigenvalue weighted by Gasteiger charge is -2.01. The number of rotatable bonds is 1.